The summed E-state index contributed by atoms with van der Waals surface area (Å²) in [7, 11) is 0. The molecule has 9 heteroatoms. The molecule has 0 aliphatic carbocycles. The number of aliphatic hydroxyl groups is 1. The molecule has 0 radical (unpaired) electrons. The molecule has 0 bridgehead atoms. The number of nitrogen functional groups attached to an aromatic ring is 1. The predicted octanol–water partition coefficient (Wildman–Crippen LogP) is -0.571. The lowest BCUT2D eigenvalue weighted by molar-refractivity contribution is -0.0278. The zero-order chi connectivity index (χ0) is 13.6. The van der Waals surface area contributed by atoms with Crippen molar-refractivity contribution in [1.82, 2.24) is 19.5 Å². The van der Waals surface area contributed by atoms with Crippen LogP contribution in [0.15, 0.2) is 12.7 Å². The topological polar surface area (TPSA) is 125 Å². The number of aromatic nitrogens is 4. The third-order valence-electron chi connectivity index (χ3n) is 3.24. The summed E-state index contributed by atoms with van der Waals surface area (Å²) in [6.45, 7) is 0. The number of hydrogen-bond acceptors (Lipinski definition) is 7. The Balaban J connectivity index is 2.04. The van der Waals surface area contributed by atoms with Crippen LogP contribution in [0.3, 0.4) is 0 Å². The SMILES string of the molecule is Nc1ncnc2c1ncn2C1O[C@H](CI)C(N)[C@H]1O. The maximum Gasteiger partial charge on any atom is 0.167 e. The lowest BCUT2D eigenvalue weighted by atomic mass is 10.1. The number of halogens is 1. The van der Waals surface area contributed by atoms with Gasteiger partial charge < -0.3 is 21.3 Å². The molecule has 1 aliphatic rings. The largest absolute Gasteiger partial charge is 0.387 e. The first-order valence-corrected chi connectivity index (χ1v) is 7.24. The summed E-state index contributed by atoms with van der Waals surface area (Å²) < 4.78 is 8.11. The maximum atomic E-state index is 10.2. The Morgan fingerprint density at radius 1 is 1.42 bits per heavy atom. The Hall–Kier alpha value is -1.04. The van der Waals surface area contributed by atoms with Gasteiger partial charge in [-0.05, 0) is 0 Å². The predicted molar refractivity (Wildman–Crippen MR) is 76.5 cm³/mol. The number of fused-ring (bicyclic) bond motifs is 1. The summed E-state index contributed by atoms with van der Waals surface area (Å²) in [4.78, 5) is 12.2. The van der Waals surface area contributed by atoms with Crippen LogP contribution in [0.1, 0.15) is 6.23 Å². The number of rotatable bonds is 2. The second kappa shape index (κ2) is 4.81. The second-order valence-corrected chi connectivity index (χ2v) is 5.25. The Morgan fingerprint density at radius 2 is 2.21 bits per heavy atom. The van der Waals surface area contributed by atoms with E-state index in [9.17, 15) is 5.11 Å². The third kappa shape index (κ3) is 1.96. The Morgan fingerprint density at radius 3 is 2.89 bits per heavy atom. The van der Waals surface area contributed by atoms with E-state index in [1.54, 1.807) is 4.57 Å². The molecule has 19 heavy (non-hydrogen) atoms. The van der Waals surface area contributed by atoms with E-state index >= 15 is 0 Å². The summed E-state index contributed by atoms with van der Waals surface area (Å²) in [5.74, 6) is 0.297. The van der Waals surface area contributed by atoms with Gasteiger partial charge in [-0.1, -0.05) is 22.6 Å². The smallest absolute Gasteiger partial charge is 0.167 e. The fourth-order valence-corrected chi connectivity index (χ4v) is 2.98. The third-order valence-corrected chi connectivity index (χ3v) is 4.11. The van der Waals surface area contributed by atoms with Crippen LogP contribution in [-0.4, -0.2) is 47.3 Å². The van der Waals surface area contributed by atoms with Crippen molar-refractivity contribution in [3.63, 3.8) is 0 Å². The zero-order valence-electron chi connectivity index (χ0n) is 9.85. The fourth-order valence-electron chi connectivity index (χ4n) is 2.19. The molecule has 1 aliphatic heterocycles. The highest BCUT2D eigenvalue weighted by atomic mass is 127. The summed E-state index contributed by atoms with van der Waals surface area (Å²) in [6, 6.07) is -0.432. The van der Waals surface area contributed by atoms with E-state index in [0.29, 0.717) is 21.4 Å². The maximum absolute atomic E-state index is 10.2. The molecular weight excluding hydrogens is 363 g/mol. The highest BCUT2D eigenvalue weighted by Gasteiger charge is 2.42. The molecule has 1 fully saturated rings. The van der Waals surface area contributed by atoms with E-state index in [-0.39, 0.29) is 6.10 Å². The summed E-state index contributed by atoms with van der Waals surface area (Å²) >= 11 is 2.18. The molecule has 4 atom stereocenters. The monoisotopic (exact) mass is 376 g/mol. The van der Waals surface area contributed by atoms with Crippen LogP contribution < -0.4 is 11.5 Å². The van der Waals surface area contributed by atoms with Crippen molar-refractivity contribution < 1.29 is 9.84 Å². The van der Waals surface area contributed by atoms with Crippen LogP contribution in [0.25, 0.3) is 11.2 Å². The van der Waals surface area contributed by atoms with E-state index in [0.717, 1.165) is 0 Å². The van der Waals surface area contributed by atoms with Crippen LogP contribution in [0.5, 0.6) is 0 Å². The minimum atomic E-state index is -0.812. The van der Waals surface area contributed by atoms with Crippen LogP contribution in [0.4, 0.5) is 5.82 Å². The van der Waals surface area contributed by atoms with Gasteiger partial charge in [0.15, 0.2) is 17.7 Å². The minimum Gasteiger partial charge on any atom is -0.387 e. The molecule has 0 spiro atoms. The van der Waals surface area contributed by atoms with Crippen LogP contribution >= 0.6 is 22.6 Å². The Labute approximate surface area is 122 Å². The number of ether oxygens (including phenoxy) is 1. The molecule has 0 aromatic carbocycles. The first-order valence-electron chi connectivity index (χ1n) is 5.71. The molecule has 2 aromatic heterocycles. The summed E-state index contributed by atoms with van der Waals surface area (Å²) in [5, 5.41) is 10.2. The molecule has 3 rings (SSSR count). The lowest BCUT2D eigenvalue weighted by Gasteiger charge is -2.16. The molecule has 3 heterocycles. The molecule has 2 unspecified atom stereocenters. The standard InChI is InChI=1S/C10H13IN6O2/c11-1-4-5(12)7(18)10(19-4)17-3-16-6-8(13)14-2-15-9(6)17/h2-5,7,10,18H,1,12H2,(H2,13,14,15)/t4-,5?,7-,10?/m1/s1. The van der Waals surface area contributed by atoms with Gasteiger partial charge in [0.05, 0.1) is 18.5 Å². The quantitative estimate of drug-likeness (QED) is 0.474. The van der Waals surface area contributed by atoms with Crippen LogP contribution in [0.2, 0.25) is 0 Å². The molecule has 8 nitrogen and oxygen atoms in total. The molecular formula is C10H13IN6O2. The zero-order valence-corrected chi connectivity index (χ0v) is 12.0. The molecule has 1 saturated heterocycles. The van der Waals surface area contributed by atoms with E-state index in [1.807, 2.05) is 0 Å². The van der Waals surface area contributed by atoms with Gasteiger partial charge in [-0.15, -0.1) is 0 Å². The molecule has 2 aromatic rings. The summed E-state index contributed by atoms with van der Waals surface area (Å²) in [6.07, 6.45) is 1.28. The van der Waals surface area contributed by atoms with E-state index < -0.39 is 18.4 Å². The number of nitrogens with zero attached hydrogens (tertiary/aromatic N) is 4. The van der Waals surface area contributed by atoms with Crippen molar-refractivity contribution >= 4 is 39.6 Å². The van der Waals surface area contributed by atoms with Gasteiger partial charge in [0.25, 0.3) is 0 Å². The number of aliphatic hydroxyl groups excluding tert-OH is 1. The normalized spacial score (nSPS) is 31.1. The number of anilines is 1. The van der Waals surface area contributed by atoms with Crippen LogP contribution in [0, 0.1) is 0 Å². The highest BCUT2D eigenvalue weighted by Crippen LogP contribution is 2.31. The average molecular weight is 376 g/mol. The first-order chi connectivity index (χ1) is 9.13. The van der Waals surface area contributed by atoms with E-state index in [2.05, 4.69) is 37.5 Å². The van der Waals surface area contributed by atoms with Gasteiger partial charge in [-0.3, -0.25) is 4.57 Å². The average Bonchev–Trinajstić information content (AvgIpc) is 2.94. The molecule has 5 N–H and O–H groups in total. The van der Waals surface area contributed by atoms with Gasteiger partial charge in [0, 0.05) is 4.43 Å². The van der Waals surface area contributed by atoms with Crippen molar-refractivity contribution in [3.8, 4) is 0 Å². The Bertz CT molecular complexity index is 605. The molecule has 102 valence electrons. The Kier molecular flexibility index (Phi) is 3.28. The minimum absolute atomic E-state index is 0.197. The van der Waals surface area contributed by atoms with E-state index in [4.69, 9.17) is 16.2 Å². The number of alkyl halides is 1. The van der Waals surface area contributed by atoms with E-state index in [1.165, 1.54) is 12.7 Å². The van der Waals surface area contributed by atoms with Crippen LogP contribution in [-0.2, 0) is 4.74 Å². The number of nitrogens with two attached hydrogens (primary N) is 2. The highest BCUT2D eigenvalue weighted by molar-refractivity contribution is 14.1. The lowest BCUT2D eigenvalue weighted by Crippen LogP contribution is -2.40. The second-order valence-electron chi connectivity index (χ2n) is 4.37. The molecule has 0 amide bonds. The van der Waals surface area contributed by atoms with Crippen molar-refractivity contribution in [1.29, 1.82) is 0 Å². The fraction of sp³-hybridized carbons (Fsp3) is 0.500. The van der Waals surface area contributed by atoms with Gasteiger partial charge >= 0.3 is 0 Å². The van der Waals surface area contributed by atoms with Crippen molar-refractivity contribution in [3.05, 3.63) is 12.7 Å². The van der Waals surface area contributed by atoms with Gasteiger partial charge in [0.2, 0.25) is 0 Å². The van der Waals surface area contributed by atoms with Crippen molar-refractivity contribution in [2.24, 2.45) is 5.73 Å². The van der Waals surface area contributed by atoms with Crippen molar-refractivity contribution in [2.45, 2.75) is 24.5 Å². The number of imidazole rings is 1. The summed E-state index contributed by atoms with van der Waals surface area (Å²) in [5.41, 5.74) is 12.7. The van der Waals surface area contributed by atoms with Gasteiger partial charge in [-0.25, -0.2) is 15.0 Å². The number of hydrogen-bond donors (Lipinski definition) is 3. The van der Waals surface area contributed by atoms with Gasteiger partial charge in [-0.2, -0.15) is 0 Å². The van der Waals surface area contributed by atoms with Gasteiger partial charge in [0.1, 0.15) is 17.9 Å². The van der Waals surface area contributed by atoms with Crippen molar-refractivity contribution in [2.75, 3.05) is 10.2 Å². The first kappa shape index (κ1) is 13.0. The molecule has 0 saturated carbocycles.